The largest absolute Gasteiger partial charge is 0.442 e. The summed E-state index contributed by atoms with van der Waals surface area (Å²) in [5, 5.41) is 13.6. The highest BCUT2D eigenvalue weighted by atomic mass is 19.4. The van der Waals surface area contributed by atoms with E-state index in [-0.39, 0.29) is 10.7 Å². The predicted molar refractivity (Wildman–Crippen MR) is 70.7 cm³/mol. The number of carbonyl (C=O) groups is 1. The summed E-state index contributed by atoms with van der Waals surface area (Å²) in [5.41, 5.74) is -4.17. The van der Waals surface area contributed by atoms with Gasteiger partial charge in [-0.05, 0) is 33.6 Å². The van der Waals surface area contributed by atoms with Gasteiger partial charge in [-0.1, -0.05) is 13.3 Å². The zero-order chi connectivity index (χ0) is 16.5. The molecule has 0 aromatic heterocycles. The Balaban J connectivity index is 3.02. The molecule has 0 unspecified atom stereocenters. The Labute approximate surface area is 121 Å². The standard InChI is InChI=1S/C13H21F3N2O3/c1-5-6-7-9-8-12(20,13(14,15)16)18(17-9)10(19)21-11(2,3)4/h20H,5-8H2,1-4H3/t12-/m1/s1. The number of ether oxygens (including phenoxy) is 1. The summed E-state index contributed by atoms with van der Waals surface area (Å²) in [7, 11) is 0. The maximum Gasteiger partial charge on any atom is 0.439 e. The fourth-order valence-corrected chi connectivity index (χ4v) is 1.86. The van der Waals surface area contributed by atoms with E-state index >= 15 is 0 Å². The normalized spacial score (nSPS) is 23.2. The molecule has 0 bridgehead atoms. The molecule has 0 saturated heterocycles. The number of halogens is 3. The van der Waals surface area contributed by atoms with Crippen LogP contribution in [0.3, 0.4) is 0 Å². The van der Waals surface area contributed by atoms with Crippen LogP contribution in [0.15, 0.2) is 5.10 Å². The highest BCUT2D eigenvalue weighted by Gasteiger charge is 2.63. The van der Waals surface area contributed by atoms with E-state index in [0.29, 0.717) is 12.8 Å². The Bertz CT molecular complexity index is 429. The summed E-state index contributed by atoms with van der Waals surface area (Å²) in [6.45, 7) is 6.46. The molecule has 122 valence electrons. The number of carbonyl (C=O) groups excluding carboxylic acids is 1. The maximum absolute atomic E-state index is 13.1. The number of alkyl halides is 3. The molecule has 1 rings (SSSR count). The molecule has 0 saturated carbocycles. The first-order valence-corrected chi connectivity index (χ1v) is 6.79. The van der Waals surface area contributed by atoms with Crippen LogP contribution in [0.4, 0.5) is 18.0 Å². The van der Waals surface area contributed by atoms with Gasteiger partial charge in [-0.3, -0.25) is 0 Å². The molecule has 8 heteroatoms. The van der Waals surface area contributed by atoms with Crippen molar-refractivity contribution in [1.29, 1.82) is 0 Å². The number of unbranched alkanes of at least 4 members (excludes halogenated alkanes) is 1. The van der Waals surface area contributed by atoms with Crippen LogP contribution in [0.5, 0.6) is 0 Å². The lowest BCUT2D eigenvalue weighted by Gasteiger charge is -2.33. The molecule has 21 heavy (non-hydrogen) atoms. The summed E-state index contributed by atoms with van der Waals surface area (Å²) >= 11 is 0. The quantitative estimate of drug-likeness (QED) is 0.868. The van der Waals surface area contributed by atoms with Crippen molar-refractivity contribution in [1.82, 2.24) is 5.01 Å². The van der Waals surface area contributed by atoms with Gasteiger partial charge in [0.05, 0.1) is 0 Å². The highest BCUT2D eigenvalue weighted by Crippen LogP contribution is 2.41. The second-order valence-corrected chi connectivity index (χ2v) is 6.05. The Hall–Kier alpha value is -1.31. The molecular weight excluding hydrogens is 289 g/mol. The van der Waals surface area contributed by atoms with E-state index in [1.807, 2.05) is 6.92 Å². The van der Waals surface area contributed by atoms with Crippen LogP contribution < -0.4 is 0 Å². The second kappa shape index (κ2) is 5.82. The molecule has 1 N–H and O–H groups in total. The van der Waals surface area contributed by atoms with E-state index in [1.165, 1.54) is 20.8 Å². The molecule has 1 heterocycles. The van der Waals surface area contributed by atoms with E-state index in [0.717, 1.165) is 6.42 Å². The van der Waals surface area contributed by atoms with Gasteiger partial charge in [-0.15, -0.1) is 0 Å². The third-order valence-corrected chi connectivity index (χ3v) is 2.88. The summed E-state index contributed by atoms with van der Waals surface area (Å²) in [6, 6.07) is 0. The smallest absolute Gasteiger partial charge is 0.439 e. The van der Waals surface area contributed by atoms with Crippen molar-refractivity contribution in [3.8, 4) is 0 Å². The number of amides is 1. The zero-order valence-corrected chi connectivity index (χ0v) is 12.6. The van der Waals surface area contributed by atoms with Crippen LogP contribution in [-0.4, -0.2) is 39.4 Å². The van der Waals surface area contributed by atoms with Gasteiger partial charge in [0.15, 0.2) is 0 Å². The van der Waals surface area contributed by atoms with Gasteiger partial charge in [0.25, 0.3) is 5.72 Å². The second-order valence-electron chi connectivity index (χ2n) is 6.05. The number of hydrazone groups is 1. The van der Waals surface area contributed by atoms with Crippen LogP contribution >= 0.6 is 0 Å². The molecule has 0 radical (unpaired) electrons. The van der Waals surface area contributed by atoms with E-state index in [1.54, 1.807) is 0 Å². The number of aliphatic hydroxyl groups is 1. The number of rotatable bonds is 3. The van der Waals surface area contributed by atoms with Gasteiger partial charge in [0, 0.05) is 12.1 Å². The van der Waals surface area contributed by atoms with Crippen LogP contribution in [0.1, 0.15) is 53.4 Å². The Kier molecular flexibility index (Phi) is 4.92. The van der Waals surface area contributed by atoms with Gasteiger partial charge >= 0.3 is 12.3 Å². The minimum atomic E-state index is -5.01. The lowest BCUT2D eigenvalue weighted by molar-refractivity contribution is -0.300. The molecule has 0 aliphatic carbocycles. The highest BCUT2D eigenvalue weighted by molar-refractivity contribution is 5.89. The van der Waals surface area contributed by atoms with Crippen LogP contribution in [0.25, 0.3) is 0 Å². The first kappa shape index (κ1) is 17.7. The molecule has 0 aromatic rings. The molecule has 5 nitrogen and oxygen atoms in total. The van der Waals surface area contributed by atoms with E-state index in [2.05, 4.69) is 5.10 Å². The van der Waals surface area contributed by atoms with Crippen molar-refractivity contribution in [2.24, 2.45) is 5.10 Å². The Morgan fingerprint density at radius 1 is 1.43 bits per heavy atom. The monoisotopic (exact) mass is 310 g/mol. The number of hydrogen-bond donors (Lipinski definition) is 1. The molecule has 1 aliphatic rings. The van der Waals surface area contributed by atoms with Gasteiger partial charge in [-0.2, -0.15) is 23.3 Å². The van der Waals surface area contributed by atoms with Gasteiger partial charge in [0.1, 0.15) is 5.60 Å². The van der Waals surface area contributed by atoms with Crippen LogP contribution in [0, 0.1) is 0 Å². The van der Waals surface area contributed by atoms with Gasteiger partial charge in [-0.25, -0.2) is 4.79 Å². The fourth-order valence-electron chi connectivity index (χ4n) is 1.86. The van der Waals surface area contributed by atoms with Crippen molar-refractivity contribution in [3.05, 3.63) is 0 Å². The molecule has 0 fully saturated rings. The Morgan fingerprint density at radius 2 is 2.00 bits per heavy atom. The third-order valence-electron chi connectivity index (χ3n) is 2.88. The van der Waals surface area contributed by atoms with Crippen molar-refractivity contribution in [2.45, 2.75) is 70.9 Å². The molecule has 0 spiro atoms. The van der Waals surface area contributed by atoms with E-state index in [4.69, 9.17) is 4.74 Å². The van der Waals surface area contributed by atoms with Crippen molar-refractivity contribution >= 4 is 11.8 Å². The molecule has 1 amide bonds. The minimum Gasteiger partial charge on any atom is -0.442 e. The third kappa shape index (κ3) is 4.09. The summed E-state index contributed by atoms with van der Waals surface area (Å²) in [5.74, 6) is 0. The average molecular weight is 310 g/mol. The SMILES string of the molecule is CCCCC1=NN(C(=O)OC(C)(C)C)[C@](O)(C(F)(F)F)C1. The summed E-state index contributed by atoms with van der Waals surface area (Å²) in [6.07, 6.45) is -5.36. The molecule has 1 aliphatic heterocycles. The van der Waals surface area contributed by atoms with E-state index < -0.39 is 30.0 Å². The van der Waals surface area contributed by atoms with Crippen molar-refractivity contribution in [2.75, 3.05) is 0 Å². The van der Waals surface area contributed by atoms with E-state index in [9.17, 15) is 23.1 Å². The number of hydrogen-bond acceptors (Lipinski definition) is 4. The van der Waals surface area contributed by atoms with Crippen molar-refractivity contribution < 1.29 is 27.8 Å². The number of nitrogens with zero attached hydrogens (tertiary/aromatic N) is 2. The molecule has 0 aromatic carbocycles. The first-order valence-electron chi connectivity index (χ1n) is 6.79. The summed E-state index contributed by atoms with van der Waals surface area (Å²) < 4.78 is 44.2. The van der Waals surface area contributed by atoms with Crippen LogP contribution in [-0.2, 0) is 4.74 Å². The minimum absolute atomic E-state index is 0.0171. The van der Waals surface area contributed by atoms with Gasteiger partial charge < -0.3 is 9.84 Å². The Morgan fingerprint density at radius 3 is 2.43 bits per heavy atom. The molecule has 1 atom stereocenters. The van der Waals surface area contributed by atoms with Crippen molar-refractivity contribution in [3.63, 3.8) is 0 Å². The topological polar surface area (TPSA) is 62.1 Å². The lowest BCUT2D eigenvalue weighted by Crippen LogP contribution is -2.57. The lowest BCUT2D eigenvalue weighted by atomic mass is 10.0. The zero-order valence-electron chi connectivity index (χ0n) is 12.6. The average Bonchev–Trinajstić information content (AvgIpc) is 2.62. The van der Waals surface area contributed by atoms with Crippen LogP contribution in [0.2, 0.25) is 0 Å². The maximum atomic E-state index is 13.1. The first-order chi connectivity index (χ1) is 9.40. The summed E-state index contributed by atoms with van der Waals surface area (Å²) in [4.78, 5) is 11.9. The molecular formula is C13H21F3N2O3. The van der Waals surface area contributed by atoms with Gasteiger partial charge in [0.2, 0.25) is 0 Å². The predicted octanol–water partition coefficient (Wildman–Crippen LogP) is 3.42. The fraction of sp³-hybridized carbons (Fsp3) is 0.846.